The second-order valence-corrected chi connectivity index (χ2v) is 6.61. The Morgan fingerprint density at radius 3 is 2.67 bits per heavy atom. The van der Waals surface area contributed by atoms with Crippen molar-refractivity contribution in [2.45, 2.75) is 44.6 Å². The Balaban J connectivity index is 1.39. The molecule has 1 aromatic rings. The van der Waals surface area contributed by atoms with Crippen LogP contribution in [0.3, 0.4) is 0 Å². The summed E-state index contributed by atoms with van der Waals surface area (Å²) >= 11 is 0. The Hall–Kier alpha value is -1.85. The lowest BCUT2D eigenvalue weighted by Crippen LogP contribution is -2.28. The minimum atomic E-state index is -0.706. The molecule has 0 aliphatic heterocycles. The van der Waals surface area contributed by atoms with Crippen molar-refractivity contribution < 1.29 is 19.2 Å². The van der Waals surface area contributed by atoms with Crippen LogP contribution in [-0.2, 0) is 4.79 Å². The number of amides is 1. The fraction of sp³-hybridized carbons (Fsp3) is 0.667. The molecule has 0 saturated heterocycles. The molecule has 4 rings (SSSR count). The summed E-state index contributed by atoms with van der Waals surface area (Å²) in [5, 5.41) is 15.9. The maximum absolute atomic E-state index is 12.4. The first-order valence-corrected chi connectivity index (χ1v) is 7.56. The summed E-state index contributed by atoms with van der Waals surface area (Å²) in [6.45, 7) is 1.79. The molecule has 1 heterocycles. The molecule has 6 heteroatoms. The normalized spacial score (nSPS) is 33.6. The molecule has 1 amide bonds. The maximum Gasteiger partial charge on any atom is 0.306 e. The number of aromatic nitrogens is 1. The van der Waals surface area contributed by atoms with E-state index in [9.17, 15) is 9.59 Å². The molecular formula is C15H18N2O4. The van der Waals surface area contributed by atoms with Crippen LogP contribution >= 0.6 is 0 Å². The lowest BCUT2D eigenvalue weighted by molar-refractivity contribution is -0.138. The van der Waals surface area contributed by atoms with Gasteiger partial charge in [0.05, 0.1) is 11.6 Å². The molecule has 112 valence electrons. The van der Waals surface area contributed by atoms with Crippen molar-refractivity contribution in [3.63, 3.8) is 0 Å². The van der Waals surface area contributed by atoms with E-state index in [1.54, 1.807) is 6.92 Å². The first kappa shape index (κ1) is 12.9. The average molecular weight is 290 g/mol. The van der Waals surface area contributed by atoms with E-state index in [-0.39, 0.29) is 23.8 Å². The second kappa shape index (κ2) is 4.32. The largest absolute Gasteiger partial charge is 0.481 e. The molecule has 6 nitrogen and oxygen atoms in total. The highest BCUT2D eigenvalue weighted by Gasteiger charge is 2.57. The van der Waals surface area contributed by atoms with Crippen molar-refractivity contribution in [2.75, 3.05) is 0 Å². The number of hydrogen-bond acceptors (Lipinski definition) is 4. The predicted octanol–water partition coefficient (Wildman–Crippen LogP) is 1.70. The Labute approximate surface area is 121 Å². The van der Waals surface area contributed by atoms with Crippen molar-refractivity contribution in [1.82, 2.24) is 10.5 Å². The van der Waals surface area contributed by atoms with Gasteiger partial charge in [0.1, 0.15) is 5.56 Å². The highest BCUT2D eigenvalue weighted by atomic mass is 16.5. The van der Waals surface area contributed by atoms with Crippen molar-refractivity contribution in [2.24, 2.45) is 17.8 Å². The topological polar surface area (TPSA) is 92.4 Å². The van der Waals surface area contributed by atoms with E-state index in [2.05, 4.69) is 10.5 Å². The monoisotopic (exact) mass is 290 g/mol. The van der Waals surface area contributed by atoms with Crippen molar-refractivity contribution in [3.8, 4) is 0 Å². The summed E-state index contributed by atoms with van der Waals surface area (Å²) in [6.07, 6.45) is 3.77. The molecular weight excluding hydrogens is 272 g/mol. The van der Waals surface area contributed by atoms with Gasteiger partial charge in [0.2, 0.25) is 0 Å². The van der Waals surface area contributed by atoms with Gasteiger partial charge in [-0.1, -0.05) is 5.16 Å². The Morgan fingerprint density at radius 1 is 1.29 bits per heavy atom. The number of carbonyl (C=O) groups excluding carboxylic acids is 1. The molecule has 3 saturated carbocycles. The summed E-state index contributed by atoms with van der Waals surface area (Å²) in [5.41, 5.74) is 1.23. The van der Waals surface area contributed by atoms with Crippen LogP contribution in [-0.4, -0.2) is 28.2 Å². The van der Waals surface area contributed by atoms with Crippen LogP contribution in [0, 0.1) is 24.7 Å². The molecule has 0 radical (unpaired) electrons. The lowest BCUT2D eigenvalue weighted by Gasteiger charge is -2.04. The maximum atomic E-state index is 12.4. The van der Waals surface area contributed by atoms with Crippen LogP contribution < -0.4 is 5.32 Å². The number of nitrogens with one attached hydrogen (secondary N) is 1. The smallest absolute Gasteiger partial charge is 0.306 e. The van der Waals surface area contributed by atoms with Gasteiger partial charge in [-0.25, -0.2) is 0 Å². The summed E-state index contributed by atoms with van der Waals surface area (Å²) < 4.78 is 5.29. The Kier molecular flexibility index (Phi) is 2.65. The number of carboxylic acids is 1. The number of carboxylic acid groups (broad SMARTS) is 1. The third-order valence-corrected chi connectivity index (χ3v) is 4.93. The molecule has 3 aliphatic carbocycles. The van der Waals surface area contributed by atoms with Gasteiger partial charge in [-0.15, -0.1) is 0 Å². The molecule has 0 unspecified atom stereocenters. The number of rotatable bonds is 5. The van der Waals surface area contributed by atoms with E-state index in [1.165, 1.54) is 0 Å². The summed E-state index contributed by atoms with van der Waals surface area (Å²) in [4.78, 5) is 23.3. The van der Waals surface area contributed by atoms with Crippen LogP contribution in [0.1, 0.15) is 53.4 Å². The van der Waals surface area contributed by atoms with Crippen LogP contribution in [0.2, 0.25) is 0 Å². The van der Waals surface area contributed by atoms with Gasteiger partial charge in [0.25, 0.3) is 5.91 Å². The number of aryl methyl sites for hydroxylation is 1. The van der Waals surface area contributed by atoms with Crippen LogP contribution in [0.15, 0.2) is 4.52 Å². The van der Waals surface area contributed by atoms with Gasteiger partial charge in [-0.05, 0) is 44.4 Å². The van der Waals surface area contributed by atoms with Crippen LogP contribution in [0.5, 0.6) is 0 Å². The van der Waals surface area contributed by atoms with Crippen molar-refractivity contribution in [1.29, 1.82) is 0 Å². The zero-order valence-electron chi connectivity index (χ0n) is 11.8. The minimum absolute atomic E-state index is 0.115. The van der Waals surface area contributed by atoms with E-state index in [1.807, 2.05) is 0 Å². The fourth-order valence-corrected chi connectivity index (χ4v) is 3.35. The molecule has 21 heavy (non-hydrogen) atoms. The van der Waals surface area contributed by atoms with Crippen molar-refractivity contribution in [3.05, 3.63) is 17.0 Å². The van der Waals surface area contributed by atoms with Crippen LogP contribution in [0.4, 0.5) is 0 Å². The van der Waals surface area contributed by atoms with Crippen LogP contribution in [0.25, 0.3) is 0 Å². The summed E-state index contributed by atoms with van der Waals surface area (Å²) in [7, 11) is 0. The van der Waals surface area contributed by atoms with Gasteiger partial charge < -0.3 is 14.9 Å². The third-order valence-electron chi connectivity index (χ3n) is 4.93. The molecule has 0 aromatic carbocycles. The van der Waals surface area contributed by atoms with E-state index in [0.29, 0.717) is 23.1 Å². The number of hydrogen-bond donors (Lipinski definition) is 2. The van der Waals surface area contributed by atoms with E-state index in [4.69, 9.17) is 9.63 Å². The van der Waals surface area contributed by atoms with Gasteiger partial charge in [0, 0.05) is 12.0 Å². The molecule has 1 aromatic heterocycles. The molecule has 3 fully saturated rings. The first-order chi connectivity index (χ1) is 10.1. The number of carbonyl (C=O) groups is 2. The van der Waals surface area contributed by atoms with Gasteiger partial charge in [0.15, 0.2) is 5.76 Å². The minimum Gasteiger partial charge on any atom is -0.481 e. The Bertz CT molecular complexity index is 619. The zero-order valence-corrected chi connectivity index (χ0v) is 11.8. The lowest BCUT2D eigenvalue weighted by atomic mass is 10.1. The zero-order chi connectivity index (χ0) is 14.7. The van der Waals surface area contributed by atoms with Gasteiger partial charge in [-0.3, -0.25) is 9.59 Å². The van der Waals surface area contributed by atoms with E-state index < -0.39 is 5.97 Å². The number of nitrogens with zero attached hydrogens (tertiary/aromatic N) is 1. The van der Waals surface area contributed by atoms with Gasteiger partial charge >= 0.3 is 5.97 Å². The Morgan fingerprint density at radius 2 is 2.05 bits per heavy atom. The fourth-order valence-electron chi connectivity index (χ4n) is 3.35. The SMILES string of the molecule is Cc1noc(C2CC2)c1C(=O)N[C@@H]1C[C@@H]1[C@@H]1C[C@@H]1C(=O)O. The highest BCUT2D eigenvalue weighted by molar-refractivity contribution is 5.96. The second-order valence-electron chi connectivity index (χ2n) is 6.61. The van der Waals surface area contributed by atoms with Crippen molar-refractivity contribution >= 4 is 11.9 Å². The standard InChI is InChI=1S/C15H18N2O4/c1-6-12(13(21-17-6)7-2-3-7)14(18)16-11-5-9(11)8-4-10(8)15(19)20/h7-11H,2-5H2,1H3,(H,16,18)(H,19,20)/t8-,9+,10-,11+/m0/s1. The van der Waals surface area contributed by atoms with E-state index >= 15 is 0 Å². The molecule has 0 bridgehead atoms. The molecule has 4 atom stereocenters. The highest BCUT2D eigenvalue weighted by Crippen LogP contribution is 2.54. The predicted molar refractivity (Wildman–Crippen MR) is 71.8 cm³/mol. The molecule has 0 spiro atoms. The third kappa shape index (κ3) is 2.22. The number of aliphatic carboxylic acids is 1. The van der Waals surface area contributed by atoms with E-state index in [0.717, 1.165) is 31.4 Å². The quantitative estimate of drug-likeness (QED) is 0.861. The van der Waals surface area contributed by atoms with Gasteiger partial charge in [-0.2, -0.15) is 0 Å². The summed E-state index contributed by atoms with van der Waals surface area (Å²) in [5.74, 6) is 0.632. The molecule has 2 N–H and O–H groups in total. The first-order valence-electron chi connectivity index (χ1n) is 7.56. The average Bonchev–Trinajstić information content (AvgIpc) is 3.29. The summed E-state index contributed by atoms with van der Waals surface area (Å²) in [6, 6.07) is 0.119. The molecule has 3 aliphatic rings.